The maximum Gasteiger partial charge on any atom is 0.269 e. The van der Waals surface area contributed by atoms with E-state index in [2.05, 4.69) is 15.8 Å². The average molecular weight is 492 g/mol. The van der Waals surface area contributed by atoms with Crippen molar-refractivity contribution in [1.29, 1.82) is 0 Å². The van der Waals surface area contributed by atoms with Crippen molar-refractivity contribution in [2.24, 2.45) is 0 Å². The number of oxazole rings is 1. The molecule has 8 heteroatoms. The summed E-state index contributed by atoms with van der Waals surface area (Å²) in [7, 11) is 0. The molecule has 0 saturated carbocycles. The molecule has 0 atom stereocenters. The number of carbonyl (C=O) groups excluding carboxylic acids is 2. The molecule has 1 aromatic heterocycles. The van der Waals surface area contributed by atoms with Crippen LogP contribution in [0.25, 0.3) is 11.3 Å². The normalized spacial score (nSPS) is 10.6. The molecule has 3 aromatic carbocycles. The zero-order chi connectivity index (χ0) is 23.8. The summed E-state index contributed by atoms with van der Waals surface area (Å²) in [6, 6.07) is 24.5. The molecular weight excluding hydrogens is 470 g/mol. The van der Waals surface area contributed by atoms with Crippen LogP contribution in [0.4, 0.5) is 0 Å². The molecule has 2 amide bonds. The molecule has 172 valence electrons. The Hall–Kier alpha value is -3.55. The van der Waals surface area contributed by atoms with Crippen molar-refractivity contribution >= 4 is 35.2 Å². The molecule has 0 spiro atoms. The summed E-state index contributed by atoms with van der Waals surface area (Å²) in [5.74, 6) is 1.18. The Morgan fingerprint density at radius 1 is 0.912 bits per heavy atom. The lowest BCUT2D eigenvalue weighted by atomic mass is 10.1. The minimum atomic E-state index is -0.382. The van der Waals surface area contributed by atoms with Gasteiger partial charge in [-0.3, -0.25) is 20.4 Å². The predicted molar refractivity (Wildman–Crippen MR) is 133 cm³/mol. The van der Waals surface area contributed by atoms with Crippen molar-refractivity contribution in [2.75, 3.05) is 0 Å². The summed E-state index contributed by atoms with van der Waals surface area (Å²) in [5, 5.41) is 0.710. The summed E-state index contributed by atoms with van der Waals surface area (Å²) in [6.07, 6.45) is 2.10. The second kappa shape index (κ2) is 11.5. The third-order valence-electron chi connectivity index (χ3n) is 4.93. The van der Waals surface area contributed by atoms with Crippen LogP contribution in [-0.2, 0) is 17.0 Å². The maximum absolute atomic E-state index is 12.3. The van der Waals surface area contributed by atoms with Gasteiger partial charge in [-0.2, -0.15) is 0 Å². The molecule has 2 N–H and O–H groups in total. The Bertz CT molecular complexity index is 1240. The van der Waals surface area contributed by atoms with Crippen molar-refractivity contribution < 1.29 is 14.0 Å². The summed E-state index contributed by atoms with van der Waals surface area (Å²) >= 11 is 7.59. The lowest BCUT2D eigenvalue weighted by Crippen LogP contribution is -2.41. The first-order valence-corrected chi connectivity index (χ1v) is 12.0. The van der Waals surface area contributed by atoms with Crippen LogP contribution in [0.2, 0.25) is 5.02 Å². The SMILES string of the molecule is O=C(CCc1ncc(-c2ccccc2)o1)NNC(=O)c1ccc(CSc2ccc(Cl)cc2)cc1. The van der Waals surface area contributed by atoms with Gasteiger partial charge in [-0.05, 0) is 42.0 Å². The standard InChI is InChI=1S/C26H22ClN3O3S/c27-21-10-12-22(13-11-21)34-17-18-6-8-20(9-7-18)26(32)30-29-24(31)14-15-25-28-16-23(33-25)19-4-2-1-3-5-19/h1-13,16H,14-15,17H2,(H,29,31)(H,30,32). The Kier molecular flexibility index (Phi) is 8.01. The van der Waals surface area contributed by atoms with Gasteiger partial charge < -0.3 is 4.42 Å². The number of hydrazine groups is 1. The van der Waals surface area contributed by atoms with Crippen LogP contribution in [-0.4, -0.2) is 16.8 Å². The molecule has 0 radical (unpaired) electrons. The van der Waals surface area contributed by atoms with Gasteiger partial charge in [0.05, 0.1) is 6.20 Å². The van der Waals surface area contributed by atoms with Crippen LogP contribution in [0.5, 0.6) is 0 Å². The second-order valence-electron chi connectivity index (χ2n) is 7.43. The monoisotopic (exact) mass is 491 g/mol. The summed E-state index contributed by atoms with van der Waals surface area (Å²) in [4.78, 5) is 29.8. The number of halogens is 1. The van der Waals surface area contributed by atoms with E-state index in [1.165, 1.54) is 0 Å². The fourth-order valence-electron chi connectivity index (χ4n) is 3.09. The van der Waals surface area contributed by atoms with E-state index < -0.39 is 0 Å². The third-order valence-corrected chi connectivity index (χ3v) is 6.26. The number of nitrogens with zero attached hydrogens (tertiary/aromatic N) is 1. The number of carbonyl (C=O) groups is 2. The number of hydrogen-bond donors (Lipinski definition) is 2. The smallest absolute Gasteiger partial charge is 0.269 e. The van der Waals surface area contributed by atoms with Crippen molar-refractivity contribution in [1.82, 2.24) is 15.8 Å². The van der Waals surface area contributed by atoms with Crippen LogP contribution in [0.15, 0.2) is 94.4 Å². The lowest BCUT2D eigenvalue weighted by molar-refractivity contribution is -0.121. The molecule has 0 bridgehead atoms. The zero-order valence-electron chi connectivity index (χ0n) is 18.2. The Balaban J connectivity index is 1.20. The Morgan fingerprint density at radius 3 is 2.38 bits per heavy atom. The van der Waals surface area contributed by atoms with E-state index in [1.807, 2.05) is 66.7 Å². The molecule has 0 aliphatic heterocycles. The van der Waals surface area contributed by atoms with E-state index in [4.69, 9.17) is 16.0 Å². The van der Waals surface area contributed by atoms with E-state index in [0.717, 1.165) is 21.8 Å². The molecule has 4 aromatic rings. The quantitative estimate of drug-likeness (QED) is 0.244. The van der Waals surface area contributed by atoms with Crippen molar-refractivity contribution in [2.45, 2.75) is 23.5 Å². The van der Waals surface area contributed by atoms with Gasteiger partial charge in [-0.15, -0.1) is 11.8 Å². The molecule has 0 aliphatic rings. The largest absolute Gasteiger partial charge is 0.441 e. The third kappa shape index (κ3) is 6.73. The highest BCUT2D eigenvalue weighted by Crippen LogP contribution is 2.24. The zero-order valence-corrected chi connectivity index (χ0v) is 19.7. The van der Waals surface area contributed by atoms with Crippen LogP contribution in [0.1, 0.15) is 28.2 Å². The number of nitrogens with one attached hydrogen (secondary N) is 2. The number of thioether (sulfide) groups is 1. The van der Waals surface area contributed by atoms with Crippen LogP contribution < -0.4 is 10.9 Å². The molecule has 4 rings (SSSR count). The molecule has 0 fully saturated rings. The topological polar surface area (TPSA) is 84.2 Å². The fraction of sp³-hybridized carbons (Fsp3) is 0.115. The molecule has 34 heavy (non-hydrogen) atoms. The van der Waals surface area contributed by atoms with E-state index >= 15 is 0 Å². The maximum atomic E-state index is 12.3. The van der Waals surface area contributed by atoms with E-state index in [0.29, 0.717) is 28.7 Å². The first kappa shape index (κ1) is 23.6. The lowest BCUT2D eigenvalue weighted by Gasteiger charge is -2.08. The summed E-state index contributed by atoms with van der Waals surface area (Å²) < 4.78 is 5.69. The van der Waals surface area contributed by atoms with Gasteiger partial charge in [0.1, 0.15) is 0 Å². The second-order valence-corrected chi connectivity index (χ2v) is 8.91. The molecule has 6 nitrogen and oxygen atoms in total. The van der Waals surface area contributed by atoms with Gasteiger partial charge in [-0.1, -0.05) is 54.1 Å². The van der Waals surface area contributed by atoms with Gasteiger partial charge in [0.25, 0.3) is 5.91 Å². The molecule has 0 unspecified atom stereocenters. The van der Waals surface area contributed by atoms with Crippen LogP contribution >= 0.6 is 23.4 Å². The first-order valence-electron chi connectivity index (χ1n) is 10.6. The summed E-state index contributed by atoms with van der Waals surface area (Å²) in [5.41, 5.74) is 7.34. The number of amides is 2. The highest BCUT2D eigenvalue weighted by atomic mass is 35.5. The average Bonchev–Trinajstić information content (AvgIpc) is 3.36. The summed E-state index contributed by atoms with van der Waals surface area (Å²) in [6.45, 7) is 0. The van der Waals surface area contributed by atoms with Crippen LogP contribution in [0, 0.1) is 0 Å². The fourth-order valence-corrected chi connectivity index (χ4v) is 4.07. The van der Waals surface area contributed by atoms with Gasteiger partial charge in [0.2, 0.25) is 5.91 Å². The van der Waals surface area contributed by atoms with E-state index in [9.17, 15) is 9.59 Å². The Morgan fingerprint density at radius 2 is 1.65 bits per heavy atom. The number of benzene rings is 3. The molecular formula is C26H22ClN3O3S. The minimum Gasteiger partial charge on any atom is -0.441 e. The van der Waals surface area contributed by atoms with E-state index in [1.54, 1.807) is 30.1 Å². The van der Waals surface area contributed by atoms with Gasteiger partial charge >= 0.3 is 0 Å². The van der Waals surface area contributed by atoms with Gasteiger partial charge in [-0.25, -0.2) is 4.98 Å². The number of aromatic nitrogens is 1. The van der Waals surface area contributed by atoms with Crippen molar-refractivity contribution in [3.8, 4) is 11.3 Å². The molecule has 0 aliphatic carbocycles. The van der Waals surface area contributed by atoms with E-state index in [-0.39, 0.29) is 18.2 Å². The van der Waals surface area contributed by atoms with Gasteiger partial charge in [0.15, 0.2) is 11.7 Å². The minimum absolute atomic E-state index is 0.135. The first-order chi connectivity index (χ1) is 16.6. The van der Waals surface area contributed by atoms with Crippen LogP contribution in [0.3, 0.4) is 0 Å². The molecule has 0 saturated heterocycles. The van der Waals surface area contributed by atoms with Crippen molar-refractivity contribution in [3.05, 3.63) is 107 Å². The predicted octanol–water partition coefficient (Wildman–Crippen LogP) is 5.68. The number of hydrogen-bond acceptors (Lipinski definition) is 5. The Labute approximate surface area is 206 Å². The highest BCUT2D eigenvalue weighted by molar-refractivity contribution is 7.98. The number of aryl methyl sites for hydroxylation is 1. The highest BCUT2D eigenvalue weighted by Gasteiger charge is 2.11. The molecule has 1 heterocycles. The van der Waals surface area contributed by atoms with Crippen molar-refractivity contribution in [3.63, 3.8) is 0 Å². The van der Waals surface area contributed by atoms with Gasteiger partial charge in [0, 0.05) is 39.6 Å². The number of rotatable bonds is 8.